The minimum Gasteiger partial charge on any atom is -0.507 e. The number of carbonyl (C=O) groups is 2. The topological polar surface area (TPSA) is 186 Å². The van der Waals surface area contributed by atoms with Crippen LogP contribution in [-0.2, 0) is 9.59 Å². The van der Waals surface area contributed by atoms with E-state index in [9.17, 15) is 19.8 Å². The van der Waals surface area contributed by atoms with Crippen LogP contribution in [0.5, 0.6) is 11.6 Å². The number of amides is 2. The van der Waals surface area contributed by atoms with Crippen molar-refractivity contribution < 1.29 is 29.1 Å². The number of piperazine rings is 1. The number of rotatable bonds is 14. The Morgan fingerprint density at radius 1 is 1.00 bits per heavy atom. The number of thiazole rings is 1. The first-order valence-electron chi connectivity index (χ1n) is 23.4. The van der Waals surface area contributed by atoms with Crippen LogP contribution in [0.15, 0.2) is 70.7 Å². The van der Waals surface area contributed by atoms with Crippen molar-refractivity contribution in [1.29, 1.82) is 0 Å². The Hall–Kier alpha value is -5.62. The van der Waals surface area contributed by atoms with Crippen LogP contribution in [0.4, 0.5) is 11.5 Å². The molecule has 2 amide bonds. The van der Waals surface area contributed by atoms with Gasteiger partial charge in [-0.2, -0.15) is 0 Å². The fraction of sp³-hybridized carbons (Fsp3) is 0.510. The lowest BCUT2D eigenvalue weighted by Crippen LogP contribution is -2.59. The summed E-state index contributed by atoms with van der Waals surface area (Å²) in [5, 5.41) is 40.9. The van der Waals surface area contributed by atoms with Crippen LogP contribution < -0.4 is 20.3 Å². The minimum absolute atomic E-state index is 0.0592. The predicted molar refractivity (Wildman–Crippen MR) is 254 cm³/mol. The monoisotopic (exact) mass is 918 g/mol. The number of anilines is 2. The van der Waals surface area contributed by atoms with Crippen LogP contribution in [0, 0.1) is 18.8 Å². The second-order valence-corrected chi connectivity index (χ2v) is 19.8. The number of aromatic nitrogens is 4. The third kappa shape index (κ3) is 9.89. The number of aromatic hydroxyl groups is 1. The van der Waals surface area contributed by atoms with Gasteiger partial charge in [-0.15, -0.1) is 21.5 Å². The summed E-state index contributed by atoms with van der Waals surface area (Å²) in [5.41, 5.74) is 7.21. The smallest absolute Gasteiger partial charge is 0.254 e. The lowest BCUT2D eigenvalue weighted by Gasteiger charge is -2.47. The number of nitrogens with zero attached hydrogens (tertiary/aromatic N) is 8. The average Bonchev–Trinajstić information content (AvgIpc) is 4.06. The molecule has 4 aliphatic heterocycles. The minimum atomic E-state index is -0.824. The second kappa shape index (κ2) is 19.7. The number of likely N-dealkylation sites (tertiary alicyclic amines) is 2. The van der Waals surface area contributed by atoms with E-state index in [4.69, 9.17) is 9.26 Å². The summed E-state index contributed by atoms with van der Waals surface area (Å²) < 4.78 is 12.1. The lowest BCUT2D eigenvalue weighted by molar-refractivity contribution is -0.141. The Bertz CT molecular complexity index is 2480. The van der Waals surface area contributed by atoms with E-state index >= 15 is 0 Å². The number of aliphatic hydroxyl groups is 1. The molecule has 3 saturated heterocycles. The van der Waals surface area contributed by atoms with Crippen LogP contribution in [0.3, 0.4) is 0 Å². The number of aliphatic hydroxyl groups excluding tert-OH is 1. The quantitative estimate of drug-likeness (QED) is 0.103. The number of hydrogen-bond donors (Lipinski definition) is 4. The van der Waals surface area contributed by atoms with Crippen LogP contribution in [0.25, 0.3) is 21.7 Å². The zero-order chi connectivity index (χ0) is 46.1. The van der Waals surface area contributed by atoms with E-state index in [1.54, 1.807) is 23.5 Å². The van der Waals surface area contributed by atoms with Gasteiger partial charge in [-0.05, 0) is 86.5 Å². The van der Waals surface area contributed by atoms with E-state index < -0.39 is 18.1 Å². The van der Waals surface area contributed by atoms with E-state index in [0.29, 0.717) is 34.9 Å². The van der Waals surface area contributed by atoms with Crippen molar-refractivity contribution >= 4 is 34.7 Å². The third-order valence-electron chi connectivity index (χ3n) is 13.7. The highest BCUT2D eigenvalue weighted by Crippen LogP contribution is 2.37. The molecule has 16 nitrogen and oxygen atoms in total. The van der Waals surface area contributed by atoms with Crippen LogP contribution in [0.2, 0.25) is 0 Å². The first-order valence-corrected chi connectivity index (χ1v) is 24.3. The number of β-amino-alcohol motifs (C(OH)–C–C–N with tert-alkyl or cyclic N) is 1. The number of piperidine rings is 1. The summed E-state index contributed by atoms with van der Waals surface area (Å²) in [5.74, 6) is 0.744. The fourth-order valence-corrected chi connectivity index (χ4v) is 11.2. The molecule has 7 heterocycles. The van der Waals surface area contributed by atoms with Crippen molar-refractivity contribution in [1.82, 2.24) is 40.4 Å². The van der Waals surface area contributed by atoms with Gasteiger partial charge in [-0.1, -0.05) is 50.2 Å². The van der Waals surface area contributed by atoms with Crippen molar-refractivity contribution in [2.75, 3.05) is 69.1 Å². The Morgan fingerprint density at radius 3 is 2.59 bits per heavy atom. The Balaban J connectivity index is 0.764. The van der Waals surface area contributed by atoms with E-state index in [0.717, 1.165) is 92.0 Å². The first kappa shape index (κ1) is 45.5. The van der Waals surface area contributed by atoms with Crippen molar-refractivity contribution in [3.8, 4) is 33.3 Å². The maximum absolute atomic E-state index is 14.3. The van der Waals surface area contributed by atoms with Crippen LogP contribution >= 0.6 is 11.3 Å². The summed E-state index contributed by atoms with van der Waals surface area (Å²) in [6, 6.07) is 18.2. The van der Waals surface area contributed by atoms with E-state index in [2.05, 4.69) is 45.7 Å². The summed E-state index contributed by atoms with van der Waals surface area (Å²) in [4.78, 5) is 42.6. The third-order valence-corrected chi connectivity index (χ3v) is 14.7. The van der Waals surface area contributed by atoms with Gasteiger partial charge < -0.3 is 39.9 Å². The van der Waals surface area contributed by atoms with Crippen molar-refractivity contribution in [3.05, 3.63) is 83.2 Å². The SMILES string of the molecule is Cc1ncsc1-c1ccc([C@H](C)NC(=O)[C@@H]2C[C@@H](O)CN2C(=O)[C@@H](c2cc(O[C@H](C)CN3CCC[C@@H](CN4CCN5c6cc(-c7ccccc7O)nnc6NC[C@H]5C4)C3)no2)C(C)C)cc1. The number of nitrogens with one attached hydrogen (secondary N) is 2. The number of carbonyl (C=O) groups excluding carboxylic acids is 2. The molecule has 2 aromatic carbocycles. The van der Waals surface area contributed by atoms with E-state index in [1.807, 2.05) is 88.7 Å². The molecule has 4 N–H and O–H groups in total. The summed E-state index contributed by atoms with van der Waals surface area (Å²) in [6.45, 7) is 17.3. The molecule has 4 aliphatic rings. The highest BCUT2D eigenvalue weighted by Gasteiger charge is 2.44. The van der Waals surface area contributed by atoms with Gasteiger partial charge in [0, 0.05) is 70.4 Å². The van der Waals surface area contributed by atoms with Crippen molar-refractivity contribution in [2.24, 2.45) is 11.8 Å². The maximum Gasteiger partial charge on any atom is 0.254 e. The fourth-order valence-electron chi connectivity index (χ4n) is 10.4. The summed E-state index contributed by atoms with van der Waals surface area (Å²) in [7, 11) is 0. The molecule has 350 valence electrons. The molecule has 0 saturated carbocycles. The Morgan fingerprint density at radius 2 is 1.82 bits per heavy atom. The maximum atomic E-state index is 14.3. The van der Waals surface area contributed by atoms with Gasteiger partial charge >= 0.3 is 0 Å². The molecule has 0 aliphatic carbocycles. The van der Waals surface area contributed by atoms with Gasteiger partial charge in [0.1, 0.15) is 23.8 Å². The molecule has 7 atom stereocenters. The molecule has 3 aromatic heterocycles. The van der Waals surface area contributed by atoms with Gasteiger partial charge in [-0.3, -0.25) is 19.4 Å². The molecule has 5 aromatic rings. The zero-order valence-electron chi connectivity index (χ0n) is 38.5. The molecular weight excluding hydrogens is 857 g/mol. The molecule has 0 bridgehead atoms. The predicted octanol–water partition coefficient (Wildman–Crippen LogP) is 5.94. The number of para-hydroxylation sites is 1. The highest BCUT2D eigenvalue weighted by molar-refractivity contribution is 7.13. The number of hydrogen-bond acceptors (Lipinski definition) is 15. The molecule has 0 spiro atoms. The van der Waals surface area contributed by atoms with Crippen molar-refractivity contribution in [2.45, 2.75) is 90.1 Å². The zero-order valence-corrected chi connectivity index (χ0v) is 39.3. The first-order chi connectivity index (χ1) is 31.9. The van der Waals surface area contributed by atoms with Gasteiger partial charge in [0.15, 0.2) is 11.6 Å². The number of fused-ring (bicyclic) bond motifs is 3. The number of benzene rings is 2. The molecule has 9 rings (SSSR count). The molecule has 3 fully saturated rings. The van der Waals surface area contributed by atoms with Gasteiger partial charge in [0.2, 0.25) is 11.8 Å². The Kier molecular flexibility index (Phi) is 13.6. The van der Waals surface area contributed by atoms with Crippen LogP contribution in [0.1, 0.15) is 75.9 Å². The summed E-state index contributed by atoms with van der Waals surface area (Å²) in [6.07, 6.45) is 1.47. The molecule has 0 radical (unpaired) electrons. The van der Waals surface area contributed by atoms with Gasteiger partial charge in [0.25, 0.3) is 5.88 Å². The van der Waals surface area contributed by atoms with Gasteiger partial charge in [0.05, 0.1) is 45.7 Å². The van der Waals surface area contributed by atoms with E-state index in [-0.39, 0.29) is 48.6 Å². The number of ether oxygens (including phenoxy) is 1. The average molecular weight is 919 g/mol. The lowest BCUT2D eigenvalue weighted by atomic mass is 9.91. The highest BCUT2D eigenvalue weighted by atomic mass is 32.1. The molecule has 17 heteroatoms. The molecule has 0 unspecified atom stereocenters. The van der Waals surface area contributed by atoms with E-state index in [1.165, 1.54) is 11.3 Å². The normalized spacial score (nSPS) is 22.6. The van der Waals surface area contributed by atoms with Crippen LogP contribution in [-0.4, -0.2) is 140 Å². The molecular formula is C49H62N10O6S. The second-order valence-electron chi connectivity index (χ2n) is 19.0. The van der Waals surface area contributed by atoms with Gasteiger partial charge in [-0.25, -0.2) is 4.98 Å². The standard InChI is InChI=1S/C49H62N10O6S/c1-29(2)45(49(63)59-27-37(60)19-41(59)48(62)52-31(4)34-12-14-35(15-13-34)46-32(5)51-28-66-46)43-21-44(55-65-43)64-30(3)23-56-16-8-9-33(24-56)25-57-17-18-58-36(26-57)22-50-47-40(58)20-39(53-54-47)38-10-6-7-11-42(38)61/h6-7,10-15,20-21,28-31,33,36-37,41,45,60-61H,8-9,16-19,22-27H2,1-5H3,(H,50,54)(H,52,62)/t30-,31+,33-,36+,37-,41+,45-/m1/s1. The van der Waals surface area contributed by atoms with Crippen molar-refractivity contribution in [3.63, 3.8) is 0 Å². The number of phenolic OH excluding ortho intramolecular Hbond substituents is 1. The largest absolute Gasteiger partial charge is 0.507 e. The Labute approximate surface area is 390 Å². The number of aryl methyl sites for hydroxylation is 1. The summed E-state index contributed by atoms with van der Waals surface area (Å²) >= 11 is 1.59. The number of phenols is 1. The molecule has 66 heavy (non-hydrogen) atoms.